The third kappa shape index (κ3) is 5.72. The van der Waals surface area contributed by atoms with Gasteiger partial charge in [0.05, 0.1) is 17.7 Å². The minimum atomic E-state index is -3.72. The predicted octanol–water partition coefficient (Wildman–Crippen LogP) is 3.58. The molecule has 2 N–H and O–H groups in total. The molecule has 6 nitrogen and oxygen atoms in total. The van der Waals surface area contributed by atoms with Crippen LogP contribution in [-0.2, 0) is 10.0 Å². The maximum atomic E-state index is 12.5. The number of methoxy groups -OCH3 is 1. The van der Waals surface area contributed by atoms with Crippen molar-refractivity contribution in [2.75, 3.05) is 18.4 Å². The molecular weight excluding hydrogens is 364 g/mol. The molecule has 0 unspecified atom stereocenters. The number of sulfonamides is 1. The molecule has 2 aromatic carbocycles. The monoisotopic (exact) mass is 390 g/mol. The Morgan fingerprint density at radius 2 is 1.78 bits per heavy atom. The molecule has 0 aromatic heterocycles. The molecule has 0 saturated carbocycles. The van der Waals surface area contributed by atoms with Gasteiger partial charge in [-0.2, -0.15) is 0 Å². The Hall–Kier alpha value is -2.54. The Kier molecular flexibility index (Phi) is 6.85. The number of nitrogens with one attached hydrogen (secondary N) is 2. The van der Waals surface area contributed by atoms with Crippen molar-refractivity contribution in [1.82, 2.24) is 5.32 Å². The average Bonchev–Trinajstić information content (AvgIpc) is 2.63. The summed E-state index contributed by atoms with van der Waals surface area (Å²) in [5.74, 6) is 0.933. The molecule has 0 bridgehead atoms. The maximum Gasteiger partial charge on any atom is 0.261 e. The first kappa shape index (κ1) is 20.8. The third-order valence-electron chi connectivity index (χ3n) is 4.11. The van der Waals surface area contributed by atoms with E-state index in [-0.39, 0.29) is 10.8 Å². The summed E-state index contributed by atoms with van der Waals surface area (Å²) in [6, 6.07) is 11.0. The van der Waals surface area contributed by atoms with Crippen LogP contribution in [-0.4, -0.2) is 28.0 Å². The number of rotatable bonds is 8. The highest BCUT2D eigenvalue weighted by Crippen LogP contribution is 2.22. The molecule has 0 saturated heterocycles. The van der Waals surface area contributed by atoms with Gasteiger partial charge in [-0.15, -0.1) is 0 Å². The number of carbonyl (C=O) groups excluding carboxylic acids is 1. The number of amides is 1. The Morgan fingerprint density at radius 3 is 2.33 bits per heavy atom. The van der Waals surface area contributed by atoms with Crippen molar-refractivity contribution in [3.63, 3.8) is 0 Å². The van der Waals surface area contributed by atoms with Gasteiger partial charge in [-0.05, 0) is 67.3 Å². The van der Waals surface area contributed by atoms with E-state index in [0.717, 1.165) is 6.42 Å². The van der Waals surface area contributed by atoms with Gasteiger partial charge in [0.2, 0.25) is 0 Å². The fourth-order valence-corrected chi connectivity index (χ4v) is 3.59. The van der Waals surface area contributed by atoms with Crippen LogP contribution in [0.5, 0.6) is 5.75 Å². The largest absolute Gasteiger partial charge is 0.497 e. The van der Waals surface area contributed by atoms with Crippen LogP contribution in [0.25, 0.3) is 0 Å². The van der Waals surface area contributed by atoms with Gasteiger partial charge in [0, 0.05) is 12.1 Å². The molecular formula is C20H26N2O4S. The molecule has 0 aliphatic carbocycles. The number of aryl methyl sites for hydroxylation is 1. The summed E-state index contributed by atoms with van der Waals surface area (Å²) in [5.41, 5.74) is 1.61. The van der Waals surface area contributed by atoms with E-state index in [2.05, 4.69) is 23.9 Å². The summed E-state index contributed by atoms with van der Waals surface area (Å²) in [6.07, 6.45) is 0.907. The Balaban J connectivity index is 2.11. The fraction of sp³-hybridized carbons (Fsp3) is 0.350. The van der Waals surface area contributed by atoms with Gasteiger partial charge in [0.1, 0.15) is 5.75 Å². The zero-order chi connectivity index (χ0) is 20.0. The summed E-state index contributed by atoms with van der Waals surface area (Å²) in [4.78, 5) is 12.3. The van der Waals surface area contributed by atoms with E-state index in [1.54, 1.807) is 37.3 Å². The summed E-state index contributed by atoms with van der Waals surface area (Å²) < 4.78 is 32.7. The van der Waals surface area contributed by atoms with Crippen LogP contribution < -0.4 is 14.8 Å². The number of hydrogen-bond donors (Lipinski definition) is 2. The van der Waals surface area contributed by atoms with E-state index in [1.165, 1.54) is 19.2 Å². The van der Waals surface area contributed by atoms with Crippen molar-refractivity contribution in [3.05, 3.63) is 53.6 Å². The van der Waals surface area contributed by atoms with Crippen LogP contribution in [0.15, 0.2) is 47.4 Å². The second kappa shape index (κ2) is 8.90. The quantitative estimate of drug-likeness (QED) is 0.721. The first-order valence-corrected chi connectivity index (χ1v) is 10.3. The molecule has 2 rings (SSSR count). The molecule has 7 heteroatoms. The van der Waals surface area contributed by atoms with Gasteiger partial charge in [-0.25, -0.2) is 8.42 Å². The van der Waals surface area contributed by atoms with E-state index < -0.39 is 10.0 Å². The lowest BCUT2D eigenvalue weighted by atomic mass is 10.1. The van der Waals surface area contributed by atoms with Crippen LogP contribution >= 0.6 is 0 Å². The van der Waals surface area contributed by atoms with E-state index in [4.69, 9.17) is 4.74 Å². The van der Waals surface area contributed by atoms with Crippen LogP contribution in [0.4, 0.5) is 5.69 Å². The van der Waals surface area contributed by atoms with Gasteiger partial charge in [-0.3, -0.25) is 9.52 Å². The number of anilines is 1. The van der Waals surface area contributed by atoms with Crippen LogP contribution in [0.1, 0.15) is 36.2 Å². The van der Waals surface area contributed by atoms with Gasteiger partial charge >= 0.3 is 0 Å². The highest BCUT2D eigenvalue weighted by Gasteiger charge is 2.16. The highest BCUT2D eigenvalue weighted by molar-refractivity contribution is 7.92. The molecule has 0 atom stereocenters. The van der Waals surface area contributed by atoms with Gasteiger partial charge in [-0.1, -0.05) is 13.8 Å². The lowest BCUT2D eigenvalue weighted by molar-refractivity contribution is 0.0952. The molecule has 1 amide bonds. The molecule has 0 heterocycles. The van der Waals surface area contributed by atoms with Crippen molar-refractivity contribution in [2.24, 2.45) is 5.92 Å². The molecule has 27 heavy (non-hydrogen) atoms. The molecule has 2 aromatic rings. The molecule has 0 fully saturated rings. The van der Waals surface area contributed by atoms with E-state index >= 15 is 0 Å². The first-order chi connectivity index (χ1) is 12.7. The van der Waals surface area contributed by atoms with Crippen molar-refractivity contribution in [2.45, 2.75) is 32.1 Å². The van der Waals surface area contributed by atoms with Crippen molar-refractivity contribution in [1.29, 1.82) is 0 Å². The van der Waals surface area contributed by atoms with E-state index in [9.17, 15) is 13.2 Å². The predicted molar refractivity (Wildman–Crippen MR) is 107 cm³/mol. The molecule has 0 aliphatic rings. The minimum absolute atomic E-state index is 0.137. The minimum Gasteiger partial charge on any atom is -0.497 e. The standard InChI is InChI=1S/C20H26N2O4S/c1-14(2)11-12-21-20(23)16-5-10-19(15(3)13-16)22-27(24,25)18-8-6-17(26-4)7-9-18/h5-10,13-14,22H,11-12H2,1-4H3,(H,21,23). The summed E-state index contributed by atoms with van der Waals surface area (Å²) >= 11 is 0. The fourth-order valence-electron chi connectivity index (χ4n) is 2.45. The van der Waals surface area contributed by atoms with Gasteiger partial charge in [0.25, 0.3) is 15.9 Å². The lowest BCUT2D eigenvalue weighted by Gasteiger charge is -2.13. The van der Waals surface area contributed by atoms with Gasteiger partial charge < -0.3 is 10.1 Å². The molecule has 0 radical (unpaired) electrons. The van der Waals surface area contributed by atoms with Crippen molar-refractivity contribution >= 4 is 21.6 Å². The van der Waals surface area contributed by atoms with Crippen LogP contribution in [0.3, 0.4) is 0 Å². The summed E-state index contributed by atoms with van der Waals surface area (Å²) in [6.45, 7) is 6.57. The second-order valence-corrected chi connectivity index (χ2v) is 8.43. The lowest BCUT2D eigenvalue weighted by Crippen LogP contribution is -2.25. The first-order valence-electron chi connectivity index (χ1n) is 8.78. The Morgan fingerprint density at radius 1 is 1.11 bits per heavy atom. The van der Waals surface area contributed by atoms with Crippen LogP contribution in [0.2, 0.25) is 0 Å². The van der Waals surface area contributed by atoms with Gasteiger partial charge in [0.15, 0.2) is 0 Å². The molecule has 0 spiro atoms. The Labute approximate surface area is 161 Å². The number of benzene rings is 2. The number of ether oxygens (including phenoxy) is 1. The maximum absolute atomic E-state index is 12.5. The van der Waals surface area contributed by atoms with Crippen molar-refractivity contribution in [3.8, 4) is 5.75 Å². The summed E-state index contributed by atoms with van der Waals surface area (Å²) in [7, 11) is -2.20. The zero-order valence-electron chi connectivity index (χ0n) is 16.1. The van der Waals surface area contributed by atoms with Crippen molar-refractivity contribution < 1.29 is 17.9 Å². The Bertz CT molecular complexity index is 891. The second-order valence-electron chi connectivity index (χ2n) is 6.75. The summed E-state index contributed by atoms with van der Waals surface area (Å²) in [5, 5.41) is 2.87. The number of carbonyl (C=O) groups is 1. The topological polar surface area (TPSA) is 84.5 Å². The SMILES string of the molecule is COc1ccc(S(=O)(=O)Nc2ccc(C(=O)NCCC(C)C)cc2C)cc1. The third-order valence-corrected chi connectivity index (χ3v) is 5.49. The zero-order valence-corrected chi connectivity index (χ0v) is 16.9. The number of hydrogen-bond acceptors (Lipinski definition) is 4. The molecule has 146 valence electrons. The normalized spacial score (nSPS) is 11.3. The van der Waals surface area contributed by atoms with E-state index in [0.29, 0.717) is 35.0 Å². The average molecular weight is 391 g/mol. The highest BCUT2D eigenvalue weighted by atomic mass is 32.2. The van der Waals surface area contributed by atoms with E-state index in [1.807, 2.05) is 0 Å². The smallest absolute Gasteiger partial charge is 0.261 e. The molecule has 0 aliphatic heterocycles. The van der Waals surface area contributed by atoms with Crippen LogP contribution in [0, 0.1) is 12.8 Å².